The molecule has 94 valence electrons. The number of hydrogen-bond donors (Lipinski definition) is 2. The molecule has 0 aliphatic heterocycles. The normalized spacial score (nSPS) is 10.6. The smallest absolute Gasteiger partial charge is 0.222 e. The van der Waals surface area contributed by atoms with Crippen molar-refractivity contribution in [3.05, 3.63) is 34.3 Å². The molecule has 3 nitrogen and oxygen atoms in total. The molecular weight excluding hydrogens is 280 g/mol. The number of carbonyl (C=O) groups excluding carboxylic acids is 1. The monoisotopic (exact) mass is 298 g/mol. The molecule has 1 aromatic carbocycles. The zero-order chi connectivity index (χ0) is 12.7. The Morgan fingerprint density at radius 3 is 2.65 bits per heavy atom. The number of amides is 1. The van der Waals surface area contributed by atoms with Gasteiger partial charge in [-0.05, 0) is 11.6 Å². The quantitative estimate of drug-likeness (QED) is 0.792. The molecule has 0 aliphatic rings. The van der Waals surface area contributed by atoms with Gasteiger partial charge in [0.2, 0.25) is 5.91 Å². The van der Waals surface area contributed by atoms with Crippen molar-refractivity contribution < 1.29 is 4.79 Å². The van der Waals surface area contributed by atoms with Gasteiger partial charge in [0.1, 0.15) is 0 Å². The van der Waals surface area contributed by atoms with Gasteiger partial charge in [0, 0.05) is 30.0 Å². The van der Waals surface area contributed by atoms with Crippen LogP contribution < -0.4 is 10.6 Å². The molecule has 17 heavy (non-hydrogen) atoms. The van der Waals surface area contributed by atoms with Gasteiger partial charge in [-0.3, -0.25) is 4.79 Å². The van der Waals surface area contributed by atoms with Crippen LogP contribution in [0, 0.1) is 5.92 Å². The number of halogens is 1. The van der Waals surface area contributed by atoms with Crippen molar-refractivity contribution in [2.45, 2.75) is 20.4 Å². The SMILES string of the molecule is CC(C)C(=O)NCCNCc1ccccc1Br. The van der Waals surface area contributed by atoms with Gasteiger partial charge in [-0.15, -0.1) is 0 Å². The lowest BCUT2D eigenvalue weighted by atomic mass is 10.2. The largest absolute Gasteiger partial charge is 0.355 e. The summed E-state index contributed by atoms with van der Waals surface area (Å²) in [6.07, 6.45) is 0. The van der Waals surface area contributed by atoms with E-state index in [4.69, 9.17) is 0 Å². The van der Waals surface area contributed by atoms with Crippen molar-refractivity contribution in [1.82, 2.24) is 10.6 Å². The second-order valence-corrected chi connectivity index (χ2v) is 5.07. The third kappa shape index (κ3) is 5.33. The van der Waals surface area contributed by atoms with Crippen LogP contribution in [-0.2, 0) is 11.3 Å². The van der Waals surface area contributed by atoms with E-state index in [1.165, 1.54) is 5.56 Å². The van der Waals surface area contributed by atoms with E-state index in [0.29, 0.717) is 6.54 Å². The fraction of sp³-hybridized carbons (Fsp3) is 0.462. The topological polar surface area (TPSA) is 41.1 Å². The molecule has 1 rings (SSSR count). The minimum Gasteiger partial charge on any atom is -0.355 e. The summed E-state index contributed by atoms with van der Waals surface area (Å²) in [4.78, 5) is 11.3. The van der Waals surface area contributed by atoms with E-state index in [0.717, 1.165) is 17.6 Å². The van der Waals surface area contributed by atoms with Gasteiger partial charge in [0.05, 0.1) is 0 Å². The lowest BCUT2D eigenvalue weighted by molar-refractivity contribution is -0.123. The molecule has 0 unspecified atom stereocenters. The van der Waals surface area contributed by atoms with Crippen molar-refractivity contribution in [2.24, 2.45) is 5.92 Å². The minimum absolute atomic E-state index is 0.0540. The van der Waals surface area contributed by atoms with Crippen LogP contribution in [0.15, 0.2) is 28.7 Å². The van der Waals surface area contributed by atoms with Crippen LogP contribution in [0.4, 0.5) is 0 Å². The van der Waals surface area contributed by atoms with Crippen LogP contribution in [0.3, 0.4) is 0 Å². The number of hydrogen-bond acceptors (Lipinski definition) is 2. The maximum absolute atomic E-state index is 11.3. The molecule has 2 N–H and O–H groups in total. The summed E-state index contributed by atoms with van der Waals surface area (Å²) in [6, 6.07) is 8.11. The molecule has 0 bridgehead atoms. The third-order valence-electron chi connectivity index (χ3n) is 2.40. The van der Waals surface area contributed by atoms with Crippen molar-refractivity contribution >= 4 is 21.8 Å². The average Bonchev–Trinajstić information content (AvgIpc) is 2.30. The summed E-state index contributed by atoms with van der Waals surface area (Å²) in [6.45, 7) is 6.04. The number of carbonyl (C=O) groups is 1. The minimum atomic E-state index is 0.0540. The first-order valence-electron chi connectivity index (χ1n) is 5.83. The number of rotatable bonds is 6. The molecule has 1 amide bonds. The summed E-state index contributed by atoms with van der Waals surface area (Å²) < 4.78 is 1.11. The predicted molar refractivity (Wildman–Crippen MR) is 73.7 cm³/mol. The first-order valence-corrected chi connectivity index (χ1v) is 6.62. The van der Waals surface area contributed by atoms with Gasteiger partial charge in [0.15, 0.2) is 0 Å². The summed E-state index contributed by atoms with van der Waals surface area (Å²) in [5.74, 6) is 0.158. The number of nitrogens with one attached hydrogen (secondary N) is 2. The van der Waals surface area contributed by atoms with Crippen LogP contribution in [0.25, 0.3) is 0 Å². The third-order valence-corrected chi connectivity index (χ3v) is 3.17. The molecule has 0 saturated carbocycles. The van der Waals surface area contributed by atoms with Gasteiger partial charge in [-0.2, -0.15) is 0 Å². The molecule has 0 aliphatic carbocycles. The molecular formula is C13H19BrN2O. The van der Waals surface area contributed by atoms with Gasteiger partial charge >= 0.3 is 0 Å². The molecule has 0 saturated heterocycles. The Morgan fingerprint density at radius 2 is 2.00 bits per heavy atom. The molecule has 4 heteroatoms. The highest BCUT2D eigenvalue weighted by Gasteiger charge is 2.04. The predicted octanol–water partition coefficient (Wildman–Crippen LogP) is 2.31. The van der Waals surface area contributed by atoms with Crippen molar-refractivity contribution in [1.29, 1.82) is 0 Å². The van der Waals surface area contributed by atoms with E-state index in [9.17, 15) is 4.79 Å². The van der Waals surface area contributed by atoms with Gasteiger partial charge < -0.3 is 10.6 Å². The van der Waals surface area contributed by atoms with E-state index in [-0.39, 0.29) is 11.8 Å². The van der Waals surface area contributed by atoms with Crippen molar-refractivity contribution in [3.8, 4) is 0 Å². The van der Waals surface area contributed by atoms with Crippen LogP contribution in [-0.4, -0.2) is 19.0 Å². The lowest BCUT2D eigenvalue weighted by Crippen LogP contribution is -2.34. The molecule has 0 atom stereocenters. The maximum Gasteiger partial charge on any atom is 0.222 e. The highest BCUT2D eigenvalue weighted by Crippen LogP contribution is 2.14. The average molecular weight is 299 g/mol. The molecule has 0 radical (unpaired) electrons. The molecule has 0 spiro atoms. The van der Waals surface area contributed by atoms with Crippen molar-refractivity contribution in [2.75, 3.05) is 13.1 Å². The standard InChI is InChI=1S/C13H19BrN2O/c1-10(2)13(17)16-8-7-15-9-11-5-3-4-6-12(11)14/h3-6,10,15H,7-9H2,1-2H3,(H,16,17). The van der Waals surface area contributed by atoms with Crippen LogP contribution in [0.5, 0.6) is 0 Å². The summed E-state index contributed by atoms with van der Waals surface area (Å²) >= 11 is 3.50. The zero-order valence-electron chi connectivity index (χ0n) is 10.3. The summed E-state index contributed by atoms with van der Waals surface area (Å²) in [5, 5.41) is 6.16. The highest BCUT2D eigenvalue weighted by molar-refractivity contribution is 9.10. The van der Waals surface area contributed by atoms with Gasteiger partial charge in [-0.25, -0.2) is 0 Å². The Labute approximate surface area is 111 Å². The van der Waals surface area contributed by atoms with E-state index < -0.39 is 0 Å². The van der Waals surface area contributed by atoms with Gasteiger partial charge in [0.25, 0.3) is 0 Å². The Bertz CT molecular complexity index is 366. The van der Waals surface area contributed by atoms with Crippen molar-refractivity contribution in [3.63, 3.8) is 0 Å². The lowest BCUT2D eigenvalue weighted by Gasteiger charge is -2.09. The fourth-order valence-corrected chi connectivity index (χ4v) is 1.77. The van der Waals surface area contributed by atoms with E-state index in [2.05, 4.69) is 32.6 Å². The summed E-state index contributed by atoms with van der Waals surface area (Å²) in [5.41, 5.74) is 1.22. The van der Waals surface area contributed by atoms with E-state index in [1.54, 1.807) is 0 Å². The first-order chi connectivity index (χ1) is 8.11. The zero-order valence-corrected chi connectivity index (χ0v) is 11.9. The Kier molecular flexibility index (Phi) is 6.22. The molecule has 0 fully saturated rings. The second-order valence-electron chi connectivity index (χ2n) is 4.21. The Morgan fingerprint density at radius 1 is 1.29 bits per heavy atom. The maximum atomic E-state index is 11.3. The summed E-state index contributed by atoms with van der Waals surface area (Å²) in [7, 11) is 0. The Balaban J connectivity index is 2.17. The molecule has 0 heterocycles. The van der Waals surface area contributed by atoms with E-state index in [1.807, 2.05) is 32.0 Å². The number of benzene rings is 1. The molecule has 0 aromatic heterocycles. The van der Waals surface area contributed by atoms with Crippen LogP contribution in [0.2, 0.25) is 0 Å². The first kappa shape index (κ1) is 14.2. The van der Waals surface area contributed by atoms with Gasteiger partial charge in [-0.1, -0.05) is 48.0 Å². The second kappa shape index (κ2) is 7.45. The van der Waals surface area contributed by atoms with Crippen LogP contribution >= 0.6 is 15.9 Å². The van der Waals surface area contributed by atoms with E-state index >= 15 is 0 Å². The highest BCUT2D eigenvalue weighted by atomic mass is 79.9. The molecule has 1 aromatic rings. The van der Waals surface area contributed by atoms with Crippen LogP contribution in [0.1, 0.15) is 19.4 Å². The Hall–Kier alpha value is -0.870. The fourth-order valence-electron chi connectivity index (χ4n) is 1.34.